The fourth-order valence-electron chi connectivity index (χ4n) is 5.22. The summed E-state index contributed by atoms with van der Waals surface area (Å²) in [7, 11) is 0. The molecule has 0 aliphatic heterocycles. The van der Waals surface area contributed by atoms with Crippen molar-refractivity contribution < 1.29 is 0 Å². The first-order chi connectivity index (χ1) is 11.3. The van der Waals surface area contributed by atoms with Crippen LogP contribution >= 0.6 is 0 Å². The summed E-state index contributed by atoms with van der Waals surface area (Å²) in [6.45, 7) is 4.61. The molecule has 0 nitrogen and oxygen atoms in total. The average molecular weight is 319 g/mol. The SMILES string of the molecule is CCC=CC1CCCCC1CCCC[C@H]1CC[C@H](CCC)CC1. The van der Waals surface area contributed by atoms with E-state index in [1.165, 1.54) is 96.3 Å². The molecule has 2 atom stereocenters. The Morgan fingerprint density at radius 1 is 0.739 bits per heavy atom. The molecule has 2 fully saturated rings. The quantitative estimate of drug-likeness (QED) is 0.299. The monoisotopic (exact) mass is 318 g/mol. The first-order valence-corrected chi connectivity index (χ1v) is 11.0. The van der Waals surface area contributed by atoms with Gasteiger partial charge < -0.3 is 0 Å². The number of unbranched alkanes of at least 4 members (excludes halogenated alkanes) is 1. The average Bonchev–Trinajstić information content (AvgIpc) is 2.59. The van der Waals surface area contributed by atoms with Crippen molar-refractivity contribution in [2.45, 2.75) is 110 Å². The Morgan fingerprint density at radius 3 is 2.09 bits per heavy atom. The molecule has 23 heavy (non-hydrogen) atoms. The van der Waals surface area contributed by atoms with Crippen molar-refractivity contribution in [1.82, 2.24) is 0 Å². The molecule has 0 radical (unpaired) electrons. The van der Waals surface area contributed by atoms with Gasteiger partial charge in [0, 0.05) is 0 Å². The molecule has 134 valence electrons. The van der Waals surface area contributed by atoms with Crippen LogP contribution in [0.1, 0.15) is 110 Å². The maximum absolute atomic E-state index is 2.55. The lowest BCUT2D eigenvalue weighted by Gasteiger charge is -2.30. The van der Waals surface area contributed by atoms with E-state index >= 15 is 0 Å². The van der Waals surface area contributed by atoms with Gasteiger partial charge in [0.05, 0.1) is 0 Å². The van der Waals surface area contributed by atoms with Crippen molar-refractivity contribution in [3.8, 4) is 0 Å². The summed E-state index contributed by atoms with van der Waals surface area (Å²) in [4.78, 5) is 0. The molecule has 0 N–H and O–H groups in total. The van der Waals surface area contributed by atoms with Crippen LogP contribution in [0.25, 0.3) is 0 Å². The molecule has 0 aromatic carbocycles. The molecule has 2 aliphatic rings. The van der Waals surface area contributed by atoms with Gasteiger partial charge in [-0.25, -0.2) is 0 Å². The van der Waals surface area contributed by atoms with Crippen molar-refractivity contribution in [1.29, 1.82) is 0 Å². The first-order valence-electron chi connectivity index (χ1n) is 11.0. The maximum Gasteiger partial charge on any atom is -0.0205 e. The molecule has 0 bridgehead atoms. The zero-order valence-electron chi connectivity index (χ0n) is 16.1. The summed E-state index contributed by atoms with van der Waals surface area (Å²) in [5, 5.41) is 0. The molecule has 2 rings (SSSR count). The second-order valence-corrected chi connectivity index (χ2v) is 8.50. The molecule has 2 saturated carbocycles. The lowest BCUT2D eigenvalue weighted by atomic mass is 9.75. The van der Waals surface area contributed by atoms with Crippen molar-refractivity contribution in [3.05, 3.63) is 12.2 Å². The van der Waals surface area contributed by atoms with Gasteiger partial charge in [0.2, 0.25) is 0 Å². The molecule has 0 heterocycles. The predicted octanol–water partition coefficient (Wildman–Crippen LogP) is 7.93. The highest BCUT2D eigenvalue weighted by molar-refractivity contribution is 4.93. The Bertz CT molecular complexity index is 308. The summed E-state index contributed by atoms with van der Waals surface area (Å²) in [5.74, 6) is 4.06. The Kier molecular flexibility index (Phi) is 9.39. The third-order valence-corrected chi connectivity index (χ3v) is 6.69. The number of hydrogen-bond donors (Lipinski definition) is 0. The minimum Gasteiger partial charge on any atom is -0.0885 e. The molecular weight excluding hydrogens is 276 g/mol. The molecule has 0 heteroatoms. The molecular formula is C23H42. The molecule has 0 amide bonds. The Labute approximate surface area is 146 Å². The summed E-state index contributed by atoms with van der Waals surface area (Å²) >= 11 is 0. The van der Waals surface area contributed by atoms with Gasteiger partial charge in [-0.1, -0.05) is 96.6 Å². The maximum atomic E-state index is 2.55. The molecule has 0 saturated heterocycles. The van der Waals surface area contributed by atoms with E-state index < -0.39 is 0 Å². The first kappa shape index (κ1) is 19.1. The summed E-state index contributed by atoms with van der Waals surface area (Å²) in [6.07, 6.45) is 27.2. The van der Waals surface area contributed by atoms with Crippen LogP contribution in [0, 0.1) is 23.7 Å². The molecule has 0 aromatic rings. The van der Waals surface area contributed by atoms with Crippen LogP contribution in [0.5, 0.6) is 0 Å². The number of rotatable bonds is 9. The van der Waals surface area contributed by atoms with Crippen molar-refractivity contribution in [2.24, 2.45) is 23.7 Å². The smallest absolute Gasteiger partial charge is 0.0205 e. The highest BCUT2D eigenvalue weighted by atomic mass is 14.3. The van der Waals surface area contributed by atoms with E-state index in [9.17, 15) is 0 Å². The summed E-state index contributed by atoms with van der Waals surface area (Å²) in [6, 6.07) is 0. The van der Waals surface area contributed by atoms with Crippen LogP contribution in [-0.2, 0) is 0 Å². The van der Waals surface area contributed by atoms with Crippen LogP contribution < -0.4 is 0 Å². The Balaban J connectivity index is 1.58. The van der Waals surface area contributed by atoms with Gasteiger partial charge in [0.1, 0.15) is 0 Å². The third kappa shape index (κ3) is 7.02. The summed E-state index contributed by atoms with van der Waals surface area (Å²) in [5.41, 5.74) is 0. The van der Waals surface area contributed by atoms with Gasteiger partial charge in [-0.05, 0) is 49.4 Å². The fourth-order valence-corrected chi connectivity index (χ4v) is 5.22. The van der Waals surface area contributed by atoms with Gasteiger partial charge in [0.25, 0.3) is 0 Å². The predicted molar refractivity (Wildman–Crippen MR) is 104 cm³/mol. The van der Waals surface area contributed by atoms with Crippen molar-refractivity contribution in [2.75, 3.05) is 0 Å². The number of hydrogen-bond acceptors (Lipinski definition) is 0. The van der Waals surface area contributed by atoms with E-state index in [1.807, 2.05) is 0 Å². The molecule has 0 aromatic heterocycles. The van der Waals surface area contributed by atoms with Crippen LogP contribution in [0.2, 0.25) is 0 Å². The normalized spacial score (nSPS) is 32.4. The van der Waals surface area contributed by atoms with E-state index in [0.717, 1.165) is 23.7 Å². The highest BCUT2D eigenvalue weighted by Gasteiger charge is 2.23. The van der Waals surface area contributed by atoms with E-state index in [0.29, 0.717) is 0 Å². The van der Waals surface area contributed by atoms with Crippen LogP contribution in [0.4, 0.5) is 0 Å². The zero-order chi connectivity index (χ0) is 16.3. The summed E-state index contributed by atoms with van der Waals surface area (Å²) < 4.78 is 0. The second-order valence-electron chi connectivity index (χ2n) is 8.50. The minimum atomic E-state index is 0.910. The van der Waals surface area contributed by atoms with Gasteiger partial charge in [-0.15, -0.1) is 0 Å². The zero-order valence-corrected chi connectivity index (χ0v) is 16.1. The topological polar surface area (TPSA) is 0 Å². The van der Waals surface area contributed by atoms with E-state index in [4.69, 9.17) is 0 Å². The van der Waals surface area contributed by atoms with Gasteiger partial charge in [-0.3, -0.25) is 0 Å². The standard InChI is InChI=1S/C23H42/c1-3-5-12-22-14-8-9-15-23(22)13-7-6-11-21-18-16-20(10-4-2)17-19-21/h5,12,20-23H,3-4,6-11,13-19H2,1-2H3/t20-,21-,22?,23?. The minimum absolute atomic E-state index is 0.910. The van der Waals surface area contributed by atoms with E-state index in [-0.39, 0.29) is 0 Å². The van der Waals surface area contributed by atoms with Crippen LogP contribution in [0.3, 0.4) is 0 Å². The van der Waals surface area contributed by atoms with E-state index in [1.54, 1.807) is 0 Å². The molecule has 2 aliphatic carbocycles. The lowest BCUT2D eigenvalue weighted by Crippen LogP contribution is -2.18. The van der Waals surface area contributed by atoms with Crippen LogP contribution in [-0.4, -0.2) is 0 Å². The Morgan fingerprint density at radius 2 is 1.39 bits per heavy atom. The van der Waals surface area contributed by atoms with E-state index in [2.05, 4.69) is 26.0 Å². The van der Waals surface area contributed by atoms with Crippen molar-refractivity contribution >= 4 is 0 Å². The fraction of sp³-hybridized carbons (Fsp3) is 0.913. The van der Waals surface area contributed by atoms with Crippen molar-refractivity contribution in [3.63, 3.8) is 0 Å². The van der Waals surface area contributed by atoms with Crippen LogP contribution in [0.15, 0.2) is 12.2 Å². The van der Waals surface area contributed by atoms with Gasteiger partial charge in [0.15, 0.2) is 0 Å². The second kappa shape index (κ2) is 11.3. The Hall–Kier alpha value is -0.260. The number of allylic oxidation sites excluding steroid dienone is 2. The lowest BCUT2D eigenvalue weighted by molar-refractivity contribution is 0.235. The third-order valence-electron chi connectivity index (χ3n) is 6.69. The van der Waals surface area contributed by atoms with Gasteiger partial charge in [-0.2, -0.15) is 0 Å². The molecule has 2 unspecified atom stereocenters. The molecule has 0 spiro atoms. The highest BCUT2D eigenvalue weighted by Crippen LogP contribution is 2.36. The largest absolute Gasteiger partial charge is 0.0885 e. The van der Waals surface area contributed by atoms with Gasteiger partial charge >= 0.3 is 0 Å².